The highest BCUT2D eigenvalue weighted by atomic mass is 16.5. The lowest BCUT2D eigenvalue weighted by Crippen LogP contribution is -2.50. The monoisotopic (exact) mass is 322 g/mol. The molecule has 3 rings (SSSR count). The van der Waals surface area contributed by atoms with Crippen LogP contribution in [0.3, 0.4) is 0 Å². The van der Waals surface area contributed by atoms with E-state index < -0.39 is 6.10 Å². The van der Waals surface area contributed by atoms with Crippen molar-refractivity contribution in [2.45, 2.75) is 84.3 Å². The van der Waals surface area contributed by atoms with E-state index in [0.717, 1.165) is 25.7 Å². The van der Waals surface area contributed by atoms with Gasteiger partial charge in [0.15, 0.2) is 0 Å². The van der Waals surface area contributed by atoms with Crippen molar-refractivity contribution in [3.05, 3.63) is 0 Å². The molecule has 1 N–H and O–H groups in total. The summed E-state index contributed by atoms with van der Waals surface area (Å²) >= 11 is 0. The third kappa shape index (κ3) is 2.78. The Hall–Kier alpha value is -0.410. The molecule has 0 amide bonds. The van der Waals surface area contributed by atoms with Crippen LogP contribution in [0.1, 0.15) is 72.1 Å². The molecular weight excluding hydrogens is 288 g/mol. The number of ether oxygens (including phenoxy) is 1. The molecule has 3 aliphatic carbocycles. The minimum atomic E-state index is -0.417. The Morgan fingerprint density at radius 2 is 1.96 bits per heavy atom. The SMILES string of the molecule is COC(CC1(C)CCCC2C1CCC1(C)C(=O)CCC21)C(C)O. The molecule has 23 heavy (non-hydrogen) atoms. The first-order valence-electron chi connectivity index (χ1n) is 9.56. The number of aliphatic hydroxyl groups is 1. The lowest BCUT2D eigenvalue weighted by atomic mass is 9.49. The molecule has 0 aromatic heterocycles. The minimum Gasteiger partial charge on any atom is -0.391 e. The van der Waals surface area contributed by atoms with Crippen LogP contribution in [0.15, 0.2) is 0 Å². The molecule has 7 unspecified atom stereocenters. The Kier molecular flexibility index (Phi) is 4.65. The van der Waals surface area contributed by atoms with Gasteiger partial charge < -0.3 is 9.84 Å². The highest BCUT2D eigenvalue weighted by Crippen LogP contribution is 2.62. The van der Waals surface area contributed by atoms with Crippen molar-refractivity contribution < 1.29 is 14.6 Å². The first-order valence-corrected chi connectivity index (χ1v) is 9.56. The molecule has 0 spiro atoms. The number of fused-ring (bicyclic) bond motifs is 3. The Morgan fingerprint density at radius 1 is 1.22 bits per heavy atom. The molecule has 0 aromatic rings. The standard InChI is InChI=1S/C20H34O3/c1-13(21)17(23-4)12-19(2)10-5-6-14-15(19)9-11-20(3)16(14)7-8-18(20)22/h13-17,21H,5-12H2,1-4H3. The number of carbonyl (C=O) groups is 1. The third-order valence-electron chi connectivity index (χ3n) is 7.83. The van der Waals surface area contributed by atoms with Crippen LogP contribution < -0.4 is 0 Å². The zero-order chi connectivity index (χ0) is 16.8. The van der Waals surface area contributed by atoms with E-state index in [1.54, 1.807) is 7.11 Å². The number of Topliss-reactive ketones (excluding diaryl/α,β-unsaturated/α-hetero) is 1. The smallest absolute Gasteiger partial charge is 0.139 e. The van der Waals surface area contributed by atoms with Crippen molar-refractivity contribution >= 4 is 5.78 Å². The van der Waals surface area contributed by atoms with E-state index in [9.17, 15) is 9.90 Å². The summed E-state index contributed by atoms with van der Waals surface area (Å²) in [6.45, 7) is 6.49. The second-order valence-corrected chi connectivity index (χ2v) is 9.06. The van der Waals surface area contributed by atoms with Crippen LogP contribution in [0.4, 0.5) is 0 Å². The van der Waals surface area contributed by atoms with Gasteiger partial charge in [0.1, 0.15) is 5.78 Å². The maximum Gasteiger partial charge on any atom is 0.139 e. The van der Waals surface area contributed by atoms with Crippen LogP contribution in [0, 0.1) is 28.6 Å². The lowest BCUT2D eigenvalue weighted by molar-refractivity contribution is -0.135. The van der Waals surface area contributed by atoms with Crippen LogP contribution in [0.25, 0.3) is 0 Å². The van der Waals surface area contributed by atoms with Gasteiger partial charge in [-0.05, 0) is 68.6 Å². The molecule has 3 aliphatic rings. The number of hydrogen-bond donors (Lipinski definition) is 1. The highest BCUT2D eigenvalue weighted by Gasteiger charge is 2.57. The van der Waals surface area contributed by atoms with Gasteiger partial charge in [0.05, 0.1) is 12.2 Å². The van der Waals surface area contributed by atoms with Crippen LogP contribution in [0.2, 0.25) is 0 Å². The predicted molar refractivity (Wildman–Crippen MR) is 91.1 cm³/mol. The Balaban J connectivity index is 1.82. The maximum absolute atomic E-state index is 12.4. The summed E-state index contributed by atoms with van der Waals surface area (Å²) in [6, 6.07) is 0. The lowest BCUT2D eigenvalue weighted by Gasteiger charge is -2.55. The number of rotatable bonds is 4. The van der Waals surface area contributed by atoms with E-state index in [1.807, 2.05) is 6.92 Å². The van der Waals surface area contributed by atoms with E-state index in [1.165, 1.54) is 25.7 Å². The second kappa shape index (κ2) is 6.15. The number of aliphatic hydroxyl groups excluding tert-OH is 1. The molecule has 3 heteroatoms. The molecule has 0 heterocycles. The van der Waals surface area contributed by atoms with Gasteiger partial charge in [-0.25, -0.2) is 0 Å². The Morgan fingerprint density at radius 3 is 2.61 bits per heavy atom. The molecule has 3 fully saturated rings. The fourth-order valence-electron chi connectivity index (χ4n) is 6.42. The molecule has 0 bridgehead atoms. The highest BCUT2D eigenvalue weighted by molar-refractivity contribution is 5.87. The van der Waals surface area contributed by atoms with Gasteiger partial charge >= 0.3 is 0 Å². The maximum atomic E-state index is 12.4. The molecule has 3 saturated carbocycles. The number of carbonyl (C=O) groups excluding carboxylic acids is 1. The van der Waals surface area contributed by atoms with Crippen LogP contribution in [-0.2, 0) is 9.53 Å². The number of ketones is 1. The van der Waals surface area contributed by atoms with Gasteiger partial charge in [-0.2, -0.15) is 0 Å². The van der Waals surface area contributed by atoms with Gasteiger partial charge in [0.25, 0.3) is 0 Å². The molecule has 0 saturated heterocycles. The summed E-state index contributed by atoms with van der Waals surface area (Å²) in [5.74, 6) is 2.51. The van der Waals surface area contributed by atoms with Crippen molar-refractivity contribution in [2.24, 2.45) is 28.6 Å². The van der Waals surface area contributed by atoms with E-state index in [2.05, 4.69) is 13.8 Å². The average molecular weight is 322 g/mol. The van der Waals surface area contributed by atoms with Gasteiger partial charge in [-0.15, -0.1) is 0 Å². The molecule has 7 atom stereocenters. The summed E-state index contributed by atoms with van der Waals surface area (Å²) < 4.78 is 5.58. The summed E-state index contributed by atoms with van der Waals surface area (Å²) in [6.07, 6.45) is 8.39. The van der Waals surface area contributed by atoms with Crippen LogP contribution in [0.5, 0.6) is 0 Å². The minimum absolute atomic E-state index is 0.0374. The first kappa shape index (κ1) is 17.4. The number of methoxy groups -OCH3 is 1. The van der Waals surface area contributed by atoms with Crippen molar-refractivity contribution in [3.63, 3.8) is 0 Å². The van der Waals surface area contributed by atoms with Crippen molar-refractivity contribution in [2.75, 3.05) is 7.11 Å². The quantitative estimate of drug-likeness (QED) is 0.852. The first-order chi connectivity index (χ1) is 10.8. The van der Waals surface area contributed by atoms with Crippen LogP contribution in [-0.4, -0.2) is 30.2 Å². The normalized spacial score (nSPS) is 46.1. The van der Waals surface area contributed by atoms with E-state index in [4.69, 9.17) is 4.74 Å². The van der Waals surface area contributed by atoms with Gasteiger partial charge in [0.2, 0.25) is 0 Å². The predicted octanol–water partition coefficient (Wildman–Crippen LogP) is 3.97. The van der Waals surface area contributed by atoms with Crippen molar-refractivity contribution in [1.29, 1.82) is 0 Å². The zero-order valence-electron chi connectivity index (χ0n) is 15.3. The Bertz CT molecular complexity index is 460. The fraction of sp³-hybridized carbons (Fsp3) is 0.950. The summed E-state index contributed by atoms with van der Waals surface area (Å²) in [5, 5.41) is 10.0. The van der Waals surface area contributed by atoms with E-state index in [0.29, 0.717) is 23.5 Å². The molecular formula is C20H34O3. The van der Waals surface area contributed by atoms with Gasteiger partial charge in [0, 0.05) is 18.9 Å². The van der Waals surface area contributed by atoms with Crippen molar-refractivity contribution in [1.82, 2.24) is 0 Å². The summed E-state index contributed by atoms with van der Waals surface area (Å²) in [5.41, 5.74) is 0.206. The van der Waals surface area contributed by atoms with Crippen LogP contribution >= 0.6 is 0 Å². The van der Waals surface area contributed by atoms with E-state index in [-0.39, 0.29) is 16.9 Å². The third-order valence-corrected chi connectivity index (χ3v) is 7.83. The Labute approximate surface area is 141 Å². The molecule has 3 nitrogen and oxygen atoms in total. The van der Waals surface area contributed by atoms with Gasteiger partial charge in [-0.3, -0.25) is 4.79 Å². The van der Waals surface area contributed by atoms with E-state index >= 15 is 0 Å². The number of hydrogen-bond acceptors (Lipinski definition) is 3. The summed E-state index contributed by atoms with van der Waals surface area (Å²) in [4.78, 5) is 12.4. The topological polar surface area (TPSA) is 46.5 Å². The molecule has 0 radical (unpaired) electrons. The molecule has 0 aliphatic heterocycles. The summed E-state index contributed by atoms with van der Waals surface area (Å²) in [7, 11) is 1.72. The van der Waals surface area contributed by atoms with Gasteiger partial charge in [-0.1, -0.05) is 20.3 Å². The second-order valence-electron chi connectivity index (χ2n) is 9.06. The largest absolute Gasteiger partial charge is 0.391 e. The molecule has 0 aromatic carbocycles. The van der Waals surface area contributed by atoms with Crippen molar-refractivity contribution in [3.8, 4) is 0 Å². The fourth-order valence-corrected chi connectivity index (χ4v) is 6.42. The average Bonchev–Trinajstić information content (AvgIpc) is 2.81. The zero-order valence-corrected chi connectivity index (χ0v) is 15.3. The molecule has 132 valence electrons.